The van der Waals surface area contributed by atoms with Crippen LogP contribution in [0.2, 0.25) is 0 Å². The highest BCUT2D eigenvalue weighted by molar-refractivity contribution is 7.88. The topological polar surface area (TPSA) is 110 Å². The number of hydrogen-bond acceptors (Lipinski definition) is 6. The molecule has 1 aromatic carbocycles. The van der Waals surface area contributed by atoms with Crippen molar-refractivity contribution in [2.75, 3.05) is 13.8 Å². The summed E-state index contributed by atoms with van der Waals surface area (Å²) in [6, 6.07) is 8.34. The Hall–Kier alpha value is -3.27. The van der Waals surface area contributed by atoms with E-state index < -0.39 is 16.1 Å². The van der Waals surface area contributed by atoms with Gasteiger partial charge in [0.2, 0.25) is 6.79 Å². The average Bonchev–Trinajstić information content (AvgIpc) is 3.32. The minimum absolute atomic E-state index is 0.0516. The molecule has 0 aliphatic carbocycles. The second-order valence-corrected chi connectivity index (χ2v) is 7.41. The Morgan fingerprint density at radius 3 is 2.85 bits per heavy atom. The first-order chi connectivity index (χ1) is 12.9. The molecule has 2 aliphatic rings. The quantitative estimate of drug-likeness (QED) is 0.841. The van der Waals surface area contributed by atoms with E-state index in [4.69, 9.17) is 13.9 Å². The van der Waals surface area contributed by atoms with Gasteiger partial charge in [-0.3, -0.25) is 4.79 Å². The lowest BCUT2D eigenvalue weighted by Gasteiger charge is -2.23. The minimum Gasteiger partial charge on any atom is -0.467 e. The highest BCUT2D eigenvalue weighted by Gasteiger charge is 2.30. The Morgan fingerprint density at radius 1 is 1.26 bits per heavy atom. The molecule has 0 unspecified atom stereocenters. The van der Waals surface area contributed by atoms with Gasteiger partial charge in [-0.05, 0) is 36.4 Å². The fraction of sp³-hybridized carbons (Fsp3) is 0.176. The summed E-state index contributed by atoms with van der Waals surface area (Å²) in [6.45, 7) is 0.232. The maximum absolute atomic E-state index is 12.5. The highest BCUT2D eigenvalue weighted by atomic mass is 32.2. The molecule has 140 valence electrons. The normalized spacial score (nSPS) is 17.3. The Kier molecular flexibility index (Phi) is 4.11. The number of likely N-dealkylation sites (N-methyl/N-ethyl adjacent to an activating group) is 1. The van der Waals surface area contributed by atoms with E-state index in [2.05, 4.69) is 9.71 Å². The number of nitrogens with zero attached hydrogens (tertiary/aromatic N) is 2. The number of ether oxygens (including phenoxy) is 2. The van der Waals surface area contributed by atoms with E-state index in [1.807, 2.05) is 0 Å². The summed E-state index contributed by atoms with van der Waals surface area (Å²) in [5, 5.41) is 2.63. The van der Waals surface area contributed by atoms with Crippen LogP contribution >= 0.6 is 0 Å². The smallest absolute Gasteiger partial charge is 0.345 e. The third-order valence-corrected chi connectivity index (χ3v) is 5.39. The van der Waals surface area contributed by atoms with Gasteiger partial charge in [0.05, 0.1) is 18.5 Å². The molecule has 1 N–H and O–H groups in total. The first-order valence-corrected chi connectivity index (χ1v) is 9.35. The predicted molar refractivity (Wildman–Crippen MR) is 94.4 cm³/mol. The van der Waals surface area contributed by atoms with Crippen molar-refractivity contribution >= 4 is 21.8 Å². The molecular formula is C17H15N3O6S. The maximum atomic E-state index is 12.5. The molecule has 27 heavy (non-hydrogen) atoms. The van der Waals surface area contributed by atoms with Gasteiger partial charge in [0, 0.05) is 12.6 Å². The number of carbonyl (C=O) groups excluding carboxylic acids is 1. The molecule has 10 heteroatoms. The summed E-state index contributed by atoms with van der Waals surface area (Å²) in [5.74, 6) is 1.04. The first-order valence-electron chi connectivity index (χ1n) is 7.95. The molecule has 9 nitrogen and oxygen atoms in total. The van der Waals surface area contributed by atoms with Gasteiger partial charge in [-0.15, -0.1) is 4.40 Å². The van der Waals surface area contributed by atoms with E-state index in [-0.39, 0.29) is 24.7 Å². The summed E-state index contributed by atoms with van der Waals surface area (Å²) in [7, 11) is -2.77. The van der Waals surface area contributed by atoms with Crippen molar-refractivity contribution in [2.24, 2.45) is 4.40 Å². The van der Waals surface area contributed by atoms with Crippen LogP contribution in [0.1, 0.15) is 11.3 Å². The van der Waals surface area contributed by atoms with Crippen molar-refractivity contribution in [3.8, 4) is 11.5 Å². The van der Waals surface area contributed by atoms with Crippen molar-refractivity contribution in [1.29, 1.82) is 0 Å². The van der Waals surface area contributed by atoms with E-state index in [0.29, 0.717) is 22.8 Å². The van der Waals surface area contributed by atoms with Crippen molar-refractivity contribution in [3.63, 3.8) is 0 Å². The molecule has 0 radical (unpaired) electrons. The van der Waals surface area contributed by atoms with Gasteiger partial charge in [0.25, 0.3) is 5.91 Å². The van der Waals surface area contributed by atoms with Gasteiger partial charge in [0.1, 0.15) is 11.5 Å². The van der Waals surface area contributed by atoms with Crippen LogP contribution in [0, 0.1) is 0 Å². The molecule has 0 atom stereocenters. The summed E-state index contributed by atoms with van der Waals surface area (Å²) in [5.41, 5.74) is 0.575. The van der Waals surface area contributed by atoms with Crippen LogP contribution in [0.4, 0.5) is 0 Å². The molecule has 0 saturated heterocycles. The Morgan fingerprint density at radius 2 is 2.07 bits per heavy atom. The third kappa shape index (κ3) is 3.26. The standard InChI is InChI=1S/C17H15N3O6S/c1-20-14(17(21)18-9-12-3-2-6-24-12)8-13(19-27(20,22)23)11-4-5-15-16(7-11)26-10-25-15/h2-8H,9-10H2,1H3,(H,18,21). The average molecular weight is 389 g/mol. The number of amides is 1. The number of nitrogens with one attached hydrogen (secondary N) is 1. The molecule has 4 rings (SSSR count). The number of benzene rings is 1. The van der Waals surface area contributed by atoms with Crippen LogP contribution in [-0.4, -0.2) is 38.2 Å². The number of hydrogen-bond donors (Lipinski definition) is 1. The molecule has 0 saturated carbocycles. The number of fused-ring (bicyclic) bond motifs is 1. The summed E-state index contributed by atoms with van der Waals surface area (Å²) >= 11 is 0. The fourth-order valence-corrected chi connectivity index (χ4v) is 3.54. The molecule has 0 spiro atoms. The van der Waals surface area contributed by atoms with Gasteiger partial charge in [-0.1, -0.05) is 0 Å². The van der Waals surface area contributed by atoms with Crippen LogP contribution < -0.4 is 14.8 Å². The van der Waals surface area contributed by atoms with Gasteiger partial charge in [-0.2, -0.15) is 8.42 Å². The number of rotatable bonds is 4. The molecule has 0 fully saturated rings. The second kappa shape index (κ2) is 6.47. The lowest BCUT2D eigenvalue weighted by atomic mass is 10.1. The molecule has 1 amide bonds. The lowest BCUT2D eigenvalue weighted by Crippen LogP contribution is -2.38. The van der Waals surface area contributed by atoms with Gasteiger partial charge >= 0.3 is 10.2 Å². The third-order valence-electron chi connectivity index (χ3n) is 4.08. The van der Waals surface area contributed by atoms with E-state index in [9.17, 15) is 13.2 Å². The fourth-order valence-electron chi connectivity index (χ4n) is 2.63. The molecule has 2 aliphatic heterocycles. The SMILES string of the molecule is CN1C(C(=O)NCc2ccco2)=CC(c2ccc3c(c2)OCO3)=NS1(=O)=O. The molecular weight excluding hydrogens is 374 g/mol. The minimum atomic E-state index is -4.04. The molecule has 2 aromatic rings. The van der Waals surface area contributed by atoms with Gasteiger partial charge in [0.15, 0.2) is 11.5 Å². The number of carbonyl (C=O) groups is 1. The summed E-state index contributed by atoms with van der Waals surface area (Å²) in [4.78, 5) is 12.5. The zero-order valence-electron chi connectivity index (χ0n) is 14.2. The largest absolute Gasteiger partial charge is 0.467 e. The molecule has 0 bridgehead atoms. The summed E-state index contributed by atoms with van der Waals surface area (Å²) in [6.07, 6.45) is 2.90. The van der Waals surface area contributed by atoms with Crippen LogP contribution in [-0.2, 0) is 21.5 Å². The van der Waals surface area contributed by atoms with Gasteiger partial charge < -0.3 is 19.2 Å². The molecule has 3 heterocycles. The van der Waals surface area contributed by atoms with Crippen molar-refractivity contribution in [1.82, 2.24) is 9.62 Å². The monoisotopic (exact) mass is 389 g/mol. The van der Waals surface area contributed by atoms with Crippen molar-refractivity contribution < 1.29 is 27.1 Å². The Labute approximate surface area is 155 Å². The van der Waals surface area contributed by atoms with E-state index in [0.717, 1.165) is 4.31 Å². The van der Waals surface area contributed by atoms with Crippen LogP contribution in [0.5, 0.6) is 11.5 Å². The molecule has 1 aromatic heterocycles. The van der Waals surface area contributed by atoms with Crippen LogP contribution in [0.15, 0.2) is 57.2 Å². The Balaban J connectivity index is 1.64. The highest BCUT2D eigenvalue weighted by Crippen LogP contribution is 2.33. The number of allylic oxidation sites excluding steroid dienone is 1. The maximum Gasteiger partial charge on any atom is 0.345 e. The Bertz CT molecular complexity index is 1060. The van der Waals surface area contributed by atoms with Crippen molar-refractivity contribution in [2.45, 2.75) is 6.54 Å². The van der Waals surface area contributed by atoms with E-state index in [1.165, 1.54) is 19.4 Å². The zero-order chi connectivity index (χ0) is 19.0. The van der Waals surface area contributed by atoms with Crippen molar-refractivity contribution in [3.05, 3.63) is 59.7 Å². The predicted octanol–water partition coefficient (Wildman–Crippen LogP) is 1.19. The van der Waals surface area contributed by atoms with Crippen LogP contribution in [0.25, 0.3) is 0 Å². The van der Waals surface area contributed by atoms with Gasteiger partial charge in [-0.25, -0.2) is 4.31 Å². The lowest BCUT2D eigenvalue weighted by molar-refractivity contribution is -0.118. The second-order valence-electron chi connectivity index (χ2n) is 5.78. The first kappa shape index (κ1) is 17.2. The zero-order valence-corrected chi connectivity index (χ0v) is 15.0. The van der Waals surface area contributed by atoms with Crippen LogP contribution in [0.3, 0.4) is 0 Å². The number of furan rings is 1. The van der Waals surface area contributed by atoms with E-state index in [1.54, 1.807) is 30.3 Å². The van der Waals surface area contributed by atoms with E-state index >= 15 is 0 Å². The summed E-state index contributed by atoms with van der Waals surface area (Å²) < 4.78 is 45.1.